The summed E-state index contributed by atoms with van der Waals surface area (Å²) < 4.78 is 0. The minimum Gasteiger partial charge on any atom is -0.508 e. The van der Waals surface area contributed by atoms with E-state index in [1.165, 1.54) is 18.3 Å². The summed E-state index contributed by atoms with van der Waals surface area (Å²) in [5.74, 6) is -1.11. The number of amides is 1. The number of phenols is 2. The Morgan fingerprint density at radius 2 is 1.95 bits per heavy atom. The molecule has 2 aromatic rings. The van der Waals surface area contributed by atoms with Crippen LogP contribution in [-0.4, -0.2) is 22.3 Å². The summed E-state index contributed by atoms with van der Waals surface area (Å²) in [6.45, 7) is 0. The lowest BCUT2D eigenvalue weighted by Gasteiger charge is -2.03. The molecule has 5 nitrogen and oxygen atoms in total. The lowest BCUT2D eigenvalue weighted by molar-refractivity contribution is 0.0952. The first-order chi connectivity index (χ1) is 9.99. The number of aromatic hydroxyl groups is 2. The molecule has 0 aromatic heterocycles. The Bertz CT molecular complexity index is 717. The van der Waals surface area contributed by atoms with Crippen molar-refractivity contribution < 1.29 is 15.0 Å². The Hall–Kier alpha value is -2.24. The second kappa shape index (κ2) is 6.47. The number of carbonyl (C=O) groups is 1. The predicted molar refractivity (Wildman–Crippen MR) is 81.3 cm³/mol. The first-order valence-electron chi connectivity index (χ1n) is 5.78. The number of benzene rings is 2. The molecule has 0 aliphatic heterocycles. The van der Waals surface area contributed by atoms with E-state index in [0.717, 1.165) is 6.07 Å². The van der Waals surface area contributed by atoms with Crippen LogP contribution in [0.1, 0.15) is 15.9 Å². The van der Waals surface area contributed by atoms with Crippen LogP contribution < -0.4 is 5.43 Å². The molecule has 0 bridgehead atoms. The third-order valence-electron chi connectivity index (χ3n) is 2.58. The van der Waals surface area contributed by atoms with Gasteiger partial charge in [-0.2, -0.15) is 5.10 Å². The molecule has 21 heavy (non-hydrogen) atoms. The fourth-order valence-corrected chi connectivity index (χ4v) is 1.91. The number of nitrogens with zero attached hydrogens (tertiary/aromatic N) is 1. The van der Waals surface area contributed by atoms with Crippen LogP contribution in [0.4, 0.5) is 0 Å². The number of rotatable bonds is 3. The summed E-state index contributed by atoms with van der Waals surface area (Å²) >= 11 is 11.8. The number of nitrogens with one attached hydrogen (secondary N) is 1. The average Bonchev–Trinajstić information content (AvgIpc) is 2.43. The number of phenolic OH excluding ortho intramolecular Hbond substituents is 2. The van der Waals surface area contributed by atoms with Gasteiger partial charge >= 0.3 is 0 Å². The van der Waals surface area contributed by atoms with Gasteiger partial charge in [0.1, 0.15) is 11.5 Å². The highest BCUT2D eigenvalue weighted by molar-refractivity contribution is 6.43. The molecule has 3 N–H and O–H groups in total. The number of hydrazone groups is 1. The first kappa shape index (κ1) is 15.2. The maximum atomic E-state index is 11.8. The zero-order chi connectivity index (χ0) is 15.4. The van der Waals surface area contributed by atoms with Crippen molar-refractivity contribution in [1.82, 2.24) is 5.43 Å². The van der Waals surface area contributed by atoms with Crippen LogP contribution in [0.3, 0.4) is 0 Å². The maximum Gasteiger partial charge on any atom is 0.275 e. The van der Waals surface area contributed by atoms with Gasteiger partial charge in [0.05, 0.1) is 21.8 Å². The zero-order valence-electron chi connectivity index (χ0n) is 10.5. The van der Waals surface area contributed by atoms with Crippen LogP contribution in [0.25, 0.3) is 0 Å². The van der Waals surface area contributed by atoms with Crippen molar-refractivity contribution in [3.05, 3.63) is 57.6 Å². The quantitative estimate of drug-likeness (QED) is 0.599. The number of hydrogen-bond acceptors (Lipinski definition) is 4. The van der Waals surface area contributed by atoms with E-state index in [0.29, 0.717) is 15.6 Å². The van der Waals surface area contributed by atoms with Gasteiger partial charge < -0.3 is 10.2 Å². The van der Waals surface area contributed by atoms with E-state index in [1.54, 1.807) is 18.2 Å². The molecule has 108 valence electrons. The monoisotopic (exact) mass is 324 g/mol. The van der Waals surface area contributed by atoms with E-state index >= 15 is 0 Å². The minimum absolute atomic E-state index is 0.0119. The molecular formula is C14H10Cl2N2O3. The summed E-state index contributed by atoms with van der Waals surface area (Å²) in [5.41, 5.74) is 2.77. The van der Waals surface area contributed by atoms with Crippen molar-refractivity contribution >= 4 is 35.3 Å². The summed E-state index contributed by atoms with van der Waals surface area (Å²) in [7, 11) is 0. The Labute approximate surface area is 130 Å². The normalized spacial score (nSPS) is 10.8. The van der Waals surface area contributed by atoms with E-state index in [4.69, 9.17) is 28.3 Å². The highest BCUT2D eigenvalue weighted by Gasteiger charge is 2.10. The van der Waals surface area contributed by atoms with Crippen molar-refractivity contribution in [2.24, 2.45) is 5.10 Å². The van der Waals surface area contributed by atoms with Gasteiger partial charge in [0.15, 0.2) is 0 Å². The predicted octanol–water partition coefficient (Wildman–Crippen LogP) is 3.17. The van der Waals surface area contributed by atoms with Crippen LogP contribution in [0.15, 0.2) is 41.5 Å². The van der Waals surface area contributed by atoms with Crippen molar-refractivity contribution in [2.45, 2.75) is 0 Å². The fraction of sp³-hybridized carbons (Fsp3) is 0. The van der Waals surface area contributed by atoms with Gasteiger partial charge in [0.2, 0.25) is 0 Å². The van der Waals surface area contributed by atoms with Gasteiger partial charge in [-0.15, -0.1) is 0 Å². The second-order valence-electron chi connectivity index (χ2n) is 4.04. The van der Waals surface area contributed by atoms with Gasteiger partial charge in [-0.1, -0.05) is 35.3 Å². The van der Waals surface area contributed by atoms with E-state index < -0.39 is 5.91 Å². The molecule has 0 saturated carbocycles. The fourth-order valence-electron chi connectivity index (χ4n) is 1.55. The van der Waals surface area contributed by atoms with Crippen LogP contribution >= 0.6 is 23.2 Å². The Morgan fingerprint density at radius 3 is 2.67 bits per heavy atom. The molecule has 7 heteroatoms. The van der Waals surface area contributed by atoms with Crippen LogP contribution in [0, 0.1) is 0 Å². The standard InChI is InChI=1S/C14H10Cl2N2O3/c15-11-3-1-2-8(13(11)16)7-17-18-14(21)10-5-4-9(19)6-12(10)20/h1-7,19-20H,(H,18,21)/b17-7+. The summed E-state index contributed by atoms with van der Waals surface area (Å²) in [6, 6.07) is 8.64. The van der Waals surface area contributed by atoms with Gasteiger partial charge in [-0.3, -0.25) is 4.79 Å². The molecule has 0 radical (unpaired) electrons. The average molecular weight is 325 g/mol. The SMILES string of the molecule is O=C(N/N=C/c1cccc(Cl)c1Cl)c1ccc(O)cc1O. The summed E-state index contributed by atoms with van der Waals surface area (Å²) in [6.07, 6.45) is 1.34. The second-order valence-corrected chi connectivity index (χ2v) is 4.83. The topological polar surface area (TPSA) is 81.9 Å². The summed E-state index contributed by atoms with van der Waals surface area (Å²) in [4.78, 5) is 11.8. The zero-order valence-corrected chi connectivity index (χ0v) is 12.1. The molecule has 0 aliphatic rings. The highest BCUT2D eigenvalue weighted by atomic mass is 35.5. The smallest absolute Gasteiger partial charge is 0.275 e. The highest BCUT2D eigenvalue weighted by Crippen LogP contribution is 2.24. The lowest BCUT2D eigenvalue weighted by atomic mass is 10.2. The van der Waals surface area contributed by atoms with Gasteiger partial charge in [0, 0.05) is 11.6 Å². The first-order valence-corrected chi connectivity index (χ1v) is 6.54. The lowest BCUT2D eigenvalue weighted by Crippen LogP contribution is -2.17. The van der Waals surface area contributed by atoms with Crippen molar-refractivity contribution in [2.75, 3.05) is 0 Å². The van der Waals surface area contributed by atoms with Gasteiger partial charge in [-0.25, -0.2) is 5.43 Å². The number of carbonyl (C=O) groups excluding carboxylic acids is 1. The summed E-state index contributed by atoms with van der Waals surface area (Å²) in [5, 5.41) is 23.1. The maximum absolute atomic E-state index is 11.8. The molecule has 1 amide bonds. The molecule has 0 spiro atoms. The minimum atomic E-state index is -0.623. The van der Waals surface area contributed by atoms with Crippen molar-refractivity contribution in [3.8, 4) is 11.5 Å². The van der Waals surface area contributed by atoms with Crippen molar-refractivity contribution in [3.63, 3.8) is 0 Å². The van der Waals surface area contributed by atoms with E-state index in [2.05, 4.69) is 10.5 Å². The van der Waals surface area contributed by atoms with E-state index in [9.17, 15) is 9.90 Å². The Balaban J connectivity index is 2.10. The molecular weight excluding hydrogens is 315 g/mol. The number of hydrogen-bond donors (Lipinski definition) is 3. The molecule has 2 rings (SSSR count). The van der Waals surface area contributed by atoms with Crippen LogP contribution in [-0.2, 0) is 0 Å². The Morgan fingerprint density at radius 1 is 1.19 bits per heavy atom. The third-order valence-corrected chi connectivity index (χ3v) is 3.41. The molecule has 0 atom stereocenters. The number of halogens is 2. The van der Waals surface area contributed by atoms with Crippen LogP contribution in [0.2, 0.25) is 10.0 Å². The van der Waals surface area contributed by atoms with Gasteiger partial charge in [-0.05, 0) is 18.2 Å². The molecule has 2 aromatic carbocycles. The Kier molecular flexibility index (Phi) is 4.67. The van der Waals surface area contributed by atoms with E-state index in [1.807, 2.05) is 0 Å². The third kappa shape index (κ3) is 3.65. The van der Waals surface area contributed by atoms with Gasteiger partial charge in [0.25, 0.3) is 5.91 Å². The van der Waals surface area contributed by atoms with Crippen LogP contribution in [0.5, 0.6) is 11.5 Å². The molecule has 0 heterocycles. The van der Waals surface area contributed by atoms with E-state index in [-0.39, 0.29) is 17.1 Å². The largest absolute Gasteiger partial charge is 0.508 e. The molecule has 0 saturated heterocycles. The molecule has 0 aliphatic carbocycles. The van der Waals surface area contributed by atoms with Crippen molar-refractivity contribution in [1.29, 1.82) is 0 Å². The molecule has 0 fully saturated rings. The molecule has 0 unspecified atom stereocenters.